The molecule has 3 rings (SSSR count). The van der Waals surface area contributed by atoms with Gasteiger partial charge in [-0.05, 0) is 30.5 Å². The van der Waals surface area contributed by atoms with Crippen molar-refractivity contribution in [1.82, 2.24) is 15.0 Å². The van der Waals surface area contributed by atoms with E-state index in [1.165, 1.54) is 10.4 Å². The van der Waals surface area contributed by atoms with Crippen LogP contribution in [0.5, 0.6) is 0 Å². The van der Waals surface area contributed by atoms with E-state index in [0.29, 0.717) is 5.82 Å². The molecular formula is C15H12N4OS2. The lowest BCUT2D eigenvalue weighted by molar-refractivity contribution is 0.102. The molecule has 0 bridgehead atoms. The predicted molar refractivity (Wildman–Crippen MR) is 87.4 cm³/mol. The molecule has 5 nitrogen and oxygen atoms in total. The number of hydrogen-bond donors (Lipinski definition) is 1. The average molecular weight is 328 g/mol. The monoisotopic (exact) mass is 328 g/mol. The first-order valence-corrected chi connectivity index (χ1v) is 8.18. The van der Waals surface area contributed by atoms with E-state index in [4.69, 9.17) is 0 Å². The van der Waals surface area contributed by atoms with E-state index in [0.717, 1.165) is 10.6 Å². The van der Waals surface area contributed by atoms with Crippen LogP contribution in [0.25, 0.3) is 0 Å². The predicted octanol–water partition coefficient (Wildman–Crippen LogP) is 3.65. The zero-order chi connectivity index (χ0) is 15.4. The Morgan fingerprint density at radius 2 is 2.05 bits per heavy atom. The Hall–Kier alpha value is -2.25. The van der Waals surface area contributed by atoms with Crippen LogP contribution in [-0.2, 0) is 0 Å². The molecule has 0 atom stereocenters. The second-order valence-corrected chi connectivity index (χ2v) is 6.73. The van der Waals surface area contributed by atoms with Gasteiger partial charge in [0.2, 0.25) is 0 Å². The normalized spacial score (nSPS) is 10.4. The molecular weight excluding hydrogens is 316 g/mol. The molecule has 0 saturated heterocycles. The van der Waals surface area contributed by atoms with Gasteiger partial charge in [-0.15, -0.1) is 11.3 Å². The second-order valence-electron chi connectivity index (χ2n) is 4.41. The van der Waals surface area contributed by atoms with Gasteiger partial charge in [0, 0.05) is 17.3 Å². The van der Waals surface area contributed by atoms with Gasteiger partial charge in [-0.3, -0.25) is 9.78 Å². The minimum absolute atomic E-state index is 0.268. The van der Waals surface area contributed by atoms with E-state index < -0.39 is 0 Å². The zero-order valence-corrected chi connectivity index (χ0v) is 13.3. The van der Waals surface area contributed by atoms with Gasteiger partial charge in [-0.1, -0.05) is 17.8 Å². The van der Waals surface area contributed by atoms with Crippen molar-refractivity contribution in [2.24, 2.45) is 0 Å². The number of nitrogens with one attached hydrogen (secondary N) is 1. The molecule has 3 aromatic rings. The summed E-state index contributed by atoms with van der Waals surface area (Å²) in [6.45, 7) is 1.82. The summed E-state index contributed by atoms with van der Waals surface area (Å²) >= 11 is 3.32. The summed E-state index contributed by atoms with van der Waals surface area (Å²) in [6, 6.07) is 7.77. The van der Waals surface area contributed by atoms with Crippen LogP contribution in [0.1, 0.15) is 16.2 Å². The first-order valence-electron chi connectivity index (χ1n) is 6.48. The van der Waals surface area contributed by atoms with Gasteiger partial charge >= 0.3 is 0 Å². The molecule has 110 valence electrons. The maximum Gasteiger partial charge on any atom is 0.277 e. The van der Waals surface area contributed by atoms with Gasteiger partial charge in [0.25, 0.3) is 5.91 Å². The maximum absolute atomic E-state index is 12.0. The van der Waals surface area contributed by atoms with Crippen LogP contribution in [-0.4, -0.2) is 20.9 Å². The molecule has 0 aliphatic rings. The van der Waals surface area contributed by atoms with Gasteiger partial charge in [0.1, 0.15) is 11.5 Å². The number of hydrogen-bond acceptors (Lipinski definition) is 6. The Bertz CT molecular complexity index is 755. The van der Waals surface area contributed by atoms with Gasteiger partial charge < -0.3 is 5.32 Å². The van der Waals surface area contributed by atoms with Gasteiger partial charge in [-0.25, -0.2) is 9.97 Å². The topological polar surface area (TPSA) is 67.8 Å². The van der Waals surface area contributed by atoms with Crippen LogP contribution in [0.15, 0.2) is 57.3 Å². The Morgan fingerprint density at radius 1 is 1.14 bits per heavy atom. The summed E-state index contributed by atoms with van der Waals surface area (Å²) in [5.74, 6) is 0.168. The van der Waals surface area contributed by atoms with Crippen molar-refractivity contribution in [2.75, 3.05) is 5.32 Å². The molecule has 3 aromatic heterocycles. The quantitative estimate of drug-likeness (QED) is 0.792. The number of nitrogens with zero attached hydrogens (tertiary/aromatic N) is 3. The molecule has 7 heteroatoms. The van der Waals surface area contributed by atoms with E-state index in [9.17, 15) is 4.79 Å². The summed E-state index contributed by atoms with van der Waals surface area (Å²) in [6.07, 6.45) is 4.75. The van der Waals surface area contributed by atoms with Crippen LogP contribution in [0, 0.1) is 6.92 Å². The van der Waals surface area contributed by atoms with Gasteiger partial charge in [-0.2, -0.15) is 0 Å². The summed E-state index contributed by atoms with van der Waals surface area (Å²) < 4.78 is 1.20. The first-order chi connectivity index (χ1) is 10.7. The van der Waals surface area contributed by atoms with Crippen molar-refractivity contribution < 1.29 is 4.79 Å². The molecule has 0 aliphatic carbocycles. The van der Waals surface area contributed by atoms with Gasteiger partial charge in [0.05, 0.1) is 16.1 Å². The number of rotatable bonds is 4. The van der Waals surface area contributed by atoms with Crippen molar-refractivity contribution in [1.29, 1.82) is 0 Å². The van der Waals surface area contributed by atoms with Crippen LogP contribution in [0.2, 0.25) is 0 Å². The molecule has 0 spiro atoms. The SMILES string of the molecule is Cc1cnc(C(=O)Nc2ccc(Sc3cccs3)cn2)cn1. The lowest BCUT2D eigenvalue weighted by Gasteiger charge is -2.04. The second kappa shape index (κ2) is 6.67. The average Bonchev–Trinajstić information content (AvgIpc) is 3.03. The van der Waals surface area contributed by atoms with E-state index in [1.54, 1.807) is 41.6 Å². The Balaban J connectivity index is 1.65. The van der Waals surface area contributed by atoms with E-state index in [1.807, 2.05) is 24.4 Å². The molecule has 1 N–H and O–H groups in total. The molecule has 0 saturated carbocycles. The highest BCUT2D eigenvalue weighted by Crippen LogP contribution is 2.30. The lowest BCUT2D eigenvalue weighted by atomic mass is 10.4. The van der Waals surface area contributed by atoms with Crippen molar-refractivity contribution in [2.45, 2.75) is 16.0 Å². The minimum atomic E-state index is -0.321. The fourth-order valence-corrected chi connectivity index (χ4v) is 3.36. The Labute approximate surface area is 135 Å². The van der Waals surface area contributed by atoms with E-state index >= 15 is 0 Å². The Morgan fingerprint density at radius 3 is 2.68 bits per heavy atom. The van der Waals surface area contributed by atoms with E-state index in [2.05, 4.69) is 26.3 Å². The molecule has 3 heterocycles. The highest BCUT2D eigenvalue weighted by atomic mass is 32.2. The number of amides is 1. The number of carbonyl (C=O) groups excluding carboxylic acids is 1. The number of aromatic nitrogens is 3. The lowest BCUT2D eigenvalue weighted by Crippen LogP contribution is -2.14. The smallest absolute Gasteiger partial charge is 0.277 e. The molecule has 0 fully saturated rings. The highest BCUT2D eigenvalue weighted by Gasteiger charge is 2.09. The van der Waals surface area contributed by atoms with Crippen molar-refractivity contribution in [3.05, 3.63) is 59.6 Å². The molecule has 0 unspecified atom stereocenters. The standard InChI is InChI=1S/C15H12N4OS2/c1-10-7-17-12(9-16-10)15(20)19-13-5-4-11(8-18-13)22-14-3-2-6-21-14/h2-9H,1H3,(H,18,19,20). The molecule has 0 radical (unpaired) electrons. The third kappa shape index (κ3) is 3.69. The minimum Gasteiger partial charge on any atom is -0.305 e. The van der Waals surface area contributed by atoms with Crippen LogP contribution in [0.3, 0.4) is 0 Å². The fourth-order valence-electron chi connectivity index (χ4n) is 1.64. The third-order valence-corrected chi connectivity index (χ3v) is 4.72. The fraction of sp³-hybridized carbons (Fsp3) is 0.0667. The van der Waals surface area contributed by atoms with E-state index in [-0.39, 0.29) is 11.6 Å². The number of carbonyl (C=O) groups is 1. The van der Waals surface area contributed by atoms with Gasteiger partial charge in [0.15, 0.2) is 0 Å². The van der Waals surface area contributed by atoms with Crippen LogP contribution < -0.4 is 5.32 Å². The third-order valence-electron chi connectivity index (χ3n) is 2.71. The summed E-state index contributed by atoms with van der Waals surface area (Å²) in [4.78, 5) is 25.4. The summed E-state index contributed by atoms with van der Waals surface area (Å²) in [5.41, 5.74) is 1.04. The van der Waals surface area contributed by atoms with Crippen LogP contribution >= 0.6 is 23.1 Å². The summed E-state index contributed by atoms with van der Waals surface area (Å²) in [7, 11) is 0. The largest absolute Gasteiger partial charge is 0.305 e. The van der Waals surface area contributed by atoms with Crippen molar-refractivity contribution >= 4 is 34.8 Å². The van der Waals surface area contributed by atoms with Crippen molar-refractivity contribution in [3.63, 3.8) is 0 Å². The number of aryl methyl sites for hydroxylation is 1. The molecule has 22 heavy (non-hydrogen) atoms. The summed E-state index contributed by atoms with van der Waals surface area (Å²) in [5, 5.41) is 4.74. The van der Waals surface area contributed by atoms with Crippen LogP contribution in [0.4, 0.5) is 5.82 Å². The van der Waals surface area contributed by atoms with Crippen molar-refractivity contribution in [3.8, 4) is 0 Å². The molecule has 1 amide bonds. The molecule has 0 aliphatic heterocycles. The molecule has 0 aromatic carbocycles. The zero-order valence-electron chi connectivity index (χ0n) is 11.7. The first kappa shape index (κ1) is 14.7. The number of anilines is 1. The highest BCUT2D eigenvalue weighted by molar-refractivity contribution is 8.01. The number of pyridine rings is 1. The Kier molecular flexibility index (Phi) is 4.45. The maximum atomic E-state index is 12.0. The number of thiophene rings is 1.